The smallest absolute Gasteiger partial charge is 0.326 e. The number of anilines is 1. The molecule has 4 rings (SSSR count). The number of aromatic amines is 1. The van der Waals surface area contributed by atoms with Gasteiger partial charge in [0.1, 0.15) is 17.5 Å². The van der Waals surface area contributed by atoms with E-state index in [4.69, 9.17) is 4.74 Å². The molecule has 1 fully saturated rings. The third-order valence-electron chi connectivity index (χ3n) is 4.59. The van der Waals surface area contributed by atoms with Crippen molar-refractivity contribution < 1.29 is 18.3 Å². The van der Waals surface area contributed by atoms with Crippen LogP contribution >= 0.6 is 0 Å². The zero-order valence-electron chi connectivity index (χ0n) is 15.0. The monoisotopic (exact) mass is 385 g/mol. The Morgan fingerprint density at radius 1 is 1.21 bits per heavy atom. The largest absolute Gasteiger partial charge is 0.480 e. The van der Waals surface area contributed by atoms with Gasteiger partial charge >= 0.3 is 6.03 Å². The van der Waals surface area contributed by atoms with E-state index in [-0.39, 0.29) is 18.1 Å². The number of carbonyl (C=O) groups is 1. The lowest BCUT2D eigenvalue weighted by Crippen LogP contribution is -2.32. The number of methoxy groups -OCH3 is 1. The van der Waals surface area contributed by atoms with E-state index in [1.54, 1.807) is 24.5 Å². The SMILES string of the molecule is COc1nc(N2CCN(Cc3cc(F)ccc3F)C2=O)ccc1-c1cn[nH]c1. The fourth-order valence-electron chi connectivity index (χ4n) is 3.17. The topological polar surface area (TPSA) is 74.3 Å². The molecule has 9 heteroatoms. The number of benzene rings is 1. The molecule has 1 aliphatic heterocycles. The molecule has 0 atom stereocenters. The molecule has 1 aliphatic rings. The Labute approximate surface area is 159 Å². The summed E-state index contributed by atoms with van der Waals surface area (Å²) in [5.41, 5.74) is 1.69. The molecule has 0 aliphatic carbocycles. The number of nitrogens with zero attached hydrogens (tertiary/aromatic N) is 4. The van der Waals surface area contributed by atoms with Gasteiger partial charge < -0.3 is 9.64 Å². The molecule has 1 N–H and O–H groups in total. The van der Waals surface area contributed by atoms with E-state index in [1.807, 2.05) is 0 Å². The van der Waals surface area contributed by atoms with E-state index < -0.39 is 11.6 Å². The summed E-state index contributed by atoms with van der Waals surface area (Å²) in [4.78, 5) is 20.1. The van der Waals surface area contributed by atoms with Gasteiger partial charge in [-0.25, -0.2) is 13.6 Å². The molecule has 1 saturated heterocycles. The lowest BCUT2D eigenvalue weighted by Gasteiger charge is -2.19. The first-order chi connectivity index (χ1) is 13.6. The molecule has 7 nitrogen and oxygen atoms in total. The number of H-pyrrole nitrogens is 1. The van der Waals surface area contributed by atoms with Crippen molar-refractivity contribution in [3.8, 4) is 17.0 Å². The van der Waals surface area contributed by atoms with Crippen molar-refractivity contribution in [3.05, 3.63) is 59.9 Å². The molecule has 144 valence electrons. The van der Waals surface area contributed by atoms with E-state index in [0.29, 0.717) is 24.8 Å². The van der Waals surface area contributed by atoms with E-state index in [2.05, 4.69) is 15.2 Å². The lowest BCUT2D eigenvalue weighted by atomic mass is 10.1. The fraction of sp³-hybridized carbons (Fsp3) is 0.211. The Balaban J connectivity index is 1.56. The number of hydrogen-bond donors (Lipinski definition) is 1. The highest BCUT2D eigenvalue weighted by Gasteiger charge is 2.31. The first-order valence-corrected chi connectivity index (χ1v) is 8.61. The molecule has 3 aromatic rings. The molecule has 1 aromatic carbocycles. The summed E-state index contributed by atoms with van der Waals surface area (Å²) in [6.07, 6.45) is 3.37. The standard InChI is InChI=1S/C19H17F2N5O2/c1-28-18-15(13-9-22-23-10-13)3-5-17(24-18)26-7-6-25(19(26)27)11-12-8-14(20)2-4-16(12)21/h2-5,8-10H,6-7,11H2,1H3,(H,22,23). The van der Waals surface area contributed by atoms with Crippen LogP contribution in [-0.2, 0) is 6.54 Å². The van der Waals surface area contributed by atoms with Crippen molar-refractivity contribution in [2.75, 3.05) is 25.1 Å². The van der Waals surface area contributed by atoms with Gasteiger partial charge in [-0.15, -0.1) is 0 Å². The number of pyridine rings is 1. The Hall–Kier alpha value is -3.49. The molecular weight excluding hydrogens is 368 g/mol. The van der Waals surface area contributed by atoms with Crippen molar-refractivity contribution in [3.63, 3.8) is 0 Å². The minimum absolute atomic E-state index is 0.0107. The molecule has 28 heavy (non-hydrogen) atoms. The summed E-state index contributed by atoms with van der Waals surface area (Å²) in [7, 11) is 1.50. The Kier molecular flexibility index (Phi) is 4.64. The highest BCUT2D eigenvalue weighted by molar-refractivity contribution is 5.93. The average Bonchev–Trinajstić information content (AvgIpc) is 3.35. The predicted octanol–water partition coefficient (Wildman–Crippen LogP) is 3.20. The zero-order chi connectivity index (χ0) is 19.7. The molecule has 2 amide bonds. The van der Waals surface area contributed by atoms with Crippen molar-refractivity contribution in [1.29, 1.82) is 0 Å². The van der Waals surface area contributed by atoms with Gasteiger partial charge in [0.05, 0.1) is 19.9 Å². The Bertz CT molecular complexity index is 1010. The predicted molar refractivity (Wildman–Crippen MR) is 97.9 cm³/mol. The number of amides is 2. The molecule has 0 unspecified atom stereocenters. The van der Waals surface area contributed by atoms with Crippen LogP contribution in [0.2, 0.25) is 0 Å². The third-order valence-corrected chi connectivity index (χ3v) is 4.59. The van der Waals surface area contributed by atoms with E-state index in [9.17, 15) is 13.6 Å². The number of ether oxygens (including phenoxy) is 1. The summed E-state index contributed by atoms with van der Waals surface area (Å²) in [6.45, 7) is 0.752. The van der Waals surface area contributed by atoms with E-state index in [0.717, 1.165) is 29.3 Å². The van der Waals surface area contributed by atoms with Crippen molar-refractivity contribution in [1.82, 2.24) is 20.1 Å². The van der Waals surface area contributed by atoms with Gasteiger partial charge in [-0.2, -0.15) is 10.1 Å². The van der Waals surface area contributed by atoms with Crippen LogP contribution in [0.1, 0.15) is 5.56 Å². The van der Waals surface area contributed by atoms with Crippen LogP contribution in [0.3, 0.4) is 0 Å². The average molecular weight is 385 g/mol. The highest BCUT2D eigenvalue weighted by atomic mass is 19.1. The first kappa shape index (κ1) is 17.9. The second-order valence-electron chi connectivity index (χ2n) is 6.30. The number of nitrogens with one attached hydrogen (secondary N) is 1. The molecular formula is C19H17F2N5O2. The molecule has 2 aromatic heterocycles. The summed E-state index contributed by atoms with van der Waals surface area (Å²) in [6, 6.07) is 6.41. The Morgan fingerprint density at radius 3 is 2.82 bits per heavy atom. The minimum atomic E-state index is -0.545. The third kappa shape index (κ3) is 3.26. The maximum atomic E-state index is 13.9. The summed E-state index contributed by atoms with van der Waals surface area (Å²) < 4.78 is 32.6. The van der Waals surface area contributed by atoms with Crippen molar-refractivity contribution in [2.45, 2.75) is 6.54 Å². The van der Waals surface area contributed by atoms with E-state index in [1.165, 1.54) is 16.9 Å². The number of urea groups is 1. The van der Waals surface area contributed by atoms with Crippen molar-refractivity contribution in [2.24, 2.45) is 0 Å². The van der Waals surface area contributed by atoms with Crippen LogP contribution in [0.4, 0.5) is 19.4 Å². The second kappa shape index (κ2) is 7.26. The molecule has 0 bridgehead atoms. The highest BCUT2D eigenvalue weighted by Crippen LogP contribution is 2.31. The molecule has 0 saturated carbocycles. The fourth-order valence-corrected chi connectivity index (χ4v) is 3.17. The number of carbonyl (C=O) groups excluding carboxylic acids is 1. The van der Waals surface area contributed by atoms with Gasteiger partial charge in [0.15, 0.2) is 0 Å². The van der Waals surface area contributed by atoms with Crippen LogP contribution in [0, 0.1) is 11.6 Å². The van der Waals surface area contributed by atoms with Crippen molar-refractivity contribution >= 4 is 11.8 Å². The van der Waals surface area contributed by atoms with Crippen LogP contribution in [0.5, 0.6) is 5.88 Å². The number of rotatable bonds is 5. The molecule has 0 spiro atoms. The number of hydrogen-bond acceptors (Lipinski definition) is 4. The van der Waals surface area contributed by atoms with Crippen LogP contribution < -0.4 is 9.64 Å². The van der Waals surface area contributed by atoms with Gasteiger partial charge in [-0.3, -0.25) is 10.00 Å². The Morgan fingerprint density at radius 2 is 2.07 bits per heavy atom. The molecule has 0 radical (unpaired) electrons. The summed E-state index contributed by atoms with van der Waals surface area (Å²) in [5.74, 6) is -0.296. The molecule has 3 heterocycles. The minimum Gasteiger partial charge on any atom is -0.480 e. The second-order valence-corrected chi connectivity index (χ2v) is 6.30. The zero-order valence-corrected chi connectivity index (χ0v) is 15.0. The van der Waals surface area contributed by atoms with Crippen LogP contribution in [0.25, 0.3) is 11.1 Å². The van der Waals surface area contributed by atoms with Gasteiger partial charge in [0.2, 0.25) is 5.88 Å². The quantitative estimate of drug-likeness (QED) is 0.732. The summed E-state index contributed by atoms with van der Waals surface area (Å²) >= 11 is 0. The van der Waals surface area contributed by atoms with Gasteiger partial charge in [-0.05, 0) is 30.3 Å². The van der Waals surface area contributed by atoms with Crippen LogP contribution in [0.15, 0.2) is 42.7 Å². The van der Waals surface area contributed by atoms with Gasteiger partial charge in [-0.1, -0.05) is 0 Å². The van der Waals surface area contributed by atoms with E-state index >= 15 is 0 Å². The number of halogens is 2. The first-order valence-electron chi connectivity index (χ1n) is 8.61. The lowest BCUT2D eigenvalue weighted by molar-refractivity contribution is 0.218. The maximum Gasteiger partial charge on any atom is 0.326 e. The summed E-state index contributed by atoms with van der Waals surface area (Å²) in [5, 5.41) is 6.64. The number of aromatic nitrogens is 3. The maximum absolute atomic E-state index is 13.9. The van der Waals surface area contributed by atoms with Crippen LogP contribution in [-0.4, -0.2) is 46.3 Å². The van der Waals surface area contributed by atoms with Gasteiger partial charge in [0, 0.05) is 36.0 Å². The van der Waals surface area contributed by atoms with Gasteiger partial charge in [0.25, 0.3) is 0 Å². The normalized spacial score (nSPS) is 14.0.